The number of nitrogens with one attached hydrogen (secondary N) is 1. The van der Waals surface area contributed by atoms with Crippen molar-refractivity contribution in [3.63, 3.8) is 0 Å². The molecule has 0 unspecified atom stereocenters. The van der Waals surface area contributed by atoms with E-state index in [-0.39, 0.29) is 33.5 Å². The number of thioether (sulfide) groups is 1. The summed E-state index contributed by atoms with van der Waals surface area (Å²) in [5, 5.41) is 24.4. The Balaban J connectivity index is 1.45. The van der Waals surface area contributed by atoms with E-state index < -0.39 is 10.8 Å². The number of amides is 1. The molecule has 12 heteroatoms. The highest BCUT2D eigenvalue weighted by Crippen LogP contribution is 2.34. The Hall–Kier alpha value is -4.47. The van der Waals surface area contributed by atoms with Gasteiger partial charge in [0.05, 0.1) is 23.2 Å². The van der Waals surface area contributed by atoms with E-state index in [1.165, 1.54) is 42.1 Å². The van der Waals surface area contributed by atoms with E-state index in [4.69, 9.17) is 9.15 Å². The Morgan fingerprint density at radius 1 is 1.27 bits per heavy atom. The van der Waals surface area contributed by atoms with Crippen LogP contribution in [-0.2, 0) is 10.5 Å². The van der Waals surface area contributed by atoms with Crippen molar-refractivity contribution >= 4 is 46.1 Å². The summed E-state index contributed by atoms with van der Waals surface area (Å²) in [6.45, 7) is 2.15. The third-order valence-electron chi connectivity index (χ3n) is 4.86. The zero-order valence-electron chi connectivity index (χ0n) is 19.4. The zero-order valence-corrected chi connectivity index (χ0v) is 21.0. The second kappa shape index (κ2) is 12.0. The van der Waals surface area contributed by atoms with Crippen LogP contribution in [0.1, 0.15) is 18.2 Å². The minimum Gasteiger partial charge on any atom is -0.494 e. The molecule has 10 nitrogen and oxygen atoms in total. The van der Waals surface area contributed by atoms with Crippen molar-refractivity contribution in [2.45, 2.75) is 17.8 Å². The molecule has 0 radical (unpaired) electrons. The molecule has 0 aliphatic heterocycles. The quantitative estimate of drug-likeness (QED) is 0.0860. The van der Waals surface area contributed by atoms with Gasteiger partial charge >= 0.3 is 0 Å². The summed E-state index contributed by atoms with van der Waals surface area (Å²) in [6, 6.07) is 19.2. The van der Waals surface area contributed by atoms with Crippen molar-refractivity contribution in [3.8, 4) is 23.1 Å². The molecule has 1 N–H and O–H groups in total. The fraction of sp³-hybridized carbons (Fsp3) is 0.120. The highest BCUT2D eigenvalue weighted by Gasteiger charge is 2.20. The first-order valence-electron chi connectivity index (χ1n) is 10.9. The average Bonchev–Trinajstić information content (AvgIpc) is 3.56. The summed E-state index contributed by atoms with van der Waals surface area (Å²) >= 11 is 2.44. The van der Waals surface area contributed by atoms with Gasteiger partial charge in [-0.15, -0.1) is 0 Å². The maximum atomic E-state index is 12.6. The molecule has 0 saturated heterocycles. The summed E-state index contributed by atoms with van der Waals surface area (Å²) in [5.74, 6) is 0.764. The van der Waals surface area contributed by atoms with E-state index in [1.54, 1.807) is 13.0 Å². The van der Waals surface area contributed by atoms with Gasteiger partial charge in [-0.1, -0.05) is 42.1 Å². The smallest absolute Gasteiger partial charge is 0.284 e. The summed E-state index contributed by atoms with van der Waals surface area (Å²) in [7, 11) is 0. The van der Waals surface area contributed by atoms with Crippen LogP contribution < -0.4 is 10.1 Å². The van der Waals surface area contributed by atoms with Crippen LogP contribution in [-0.4, -0.2) is 26.8 Å². The number of rotatable bonds is 10. The van der Waals surface area contributed by atoms with Crippen LogP contribution in [0.2, 0.25) is 0 Å². The van der Waals surface area contributed by atoms with Gasteiger partial charge in [-0.05, 0) is 36.8 Å². The number of hydrogen-bond donors (Lipinski definition) is 1. The monoisotopic (exact) mass is 533 g/mol. The minimum absolute atomic E-state index is 0.182. The van der Waals surface area contributed by atoms with Gasteiger partial charge < -0.3 is 9.15 Å². The number of nitro benzene ring substituents is 1. The summed E-state index contributed by atoms with van der Waals surface area (Å²) in [4.78, 5) is 27.9. The Bertz CT molecular complexity index is 1490. The highest BCUT2D eigenvalue weighted by atomic mass is 32.2. The van der Waals surface area contributed by atoms with Crippen molar-refractivity contribution in [2.24, 2.45) is 0 Å². The molecule has 37 heavy (non-hydrogen) atoms. The molecule has 4 rings (SSSR count). The fourth-order valence-corrected chi connectivity index (χ4v) is 4.69. The van der Waals surface area contributed by atoms with Gasteiger partial charge in [0.25, 0.3) is 11.6 Å². The van der Waals surface area contributed by atoms with Gasteiger partial charge in [0, 0.05) is 23.4 Å². The molecule has 2 aromatic heterocycles. The number of carbonyl (C=O) groups excluding carboxylic acids is 1. The largest absolute Gasteiger partial charge is 0.494 e. The lowest BCUT2D eigenvalue weighted by molar-refractivity contribution is -0.384. The van der Waals surface area contributed by atoms with E-state index in [1.807, 2.05) is 36.4 Å². The molecule has 0 atom stereocenters. The molecule has 0 spiro atoms. The van der Waals surface area contributed by atoms with Crippen molar-refractivity contribution < 1.29 is 18.9 Å². The normalized spacial score (nSPS) is 11.1. The number of carbonyl (C=O) groups is 1. The molecule has 4 aromatic rings. The van der Waals surface area contributed by atoms with Crippen molar-refractivity contribution in [1.29, 1.82) is 5.26 Å². The predicted octanol–water partition coefficient (Wildman–Crippen LogP) is 5.94. The van der Waals surface area contributed by atoms with Crippen molar-refractivity contribution in [1.82, 2.24) is 9.36 Å². The number of hydrogen-bond acceptors (Lipinski definition) is 10. The first kappa shape index (κ1) is 25.6. The predicted molar refractivity (Wildman–Crippen MR) is 140 cm³/mol. The molecular weight excluding hydrogens is 514 g/mol. The van der Waals surface area contributed by atoms with Gasteiger partial charge in [0.1, 0.15) is 28.9 Å². The van der Waals surface area contributed by atoms with Crippen molar-refractivity contribution in [2.75, 3.05) is 11.9 Å². The maximum absolute atomic E-state index is 12.6. The van der Waals surface area contributed by atoms with Crippen LogP contribution in [0.5, 0.6) is 5.75 Å². The van der Waals surface area contributed by atoms with Crippen LogP contribution in [0, 0.1) is 21.4 Å². The van der Waals surface area contributed by atoms with Gasteiger partial charge in [0.2, 0.25) is 10.3 Å². The lowest BCUT2D eigenvalue weighted by atomic mass is 10.1. The molecule has 2 aromatic carbocycles. The van der Waals surface area contributed by atoms with Crippen molar-refractivity contribution in [3.05, 3.63) is 87.7 Å². The first-order valence-corrected chi connectivity index (χ1v) is 12.7. The Labute approximate surface area is 219 Å². The molecule has 186 valence electrons. The third kappa shape index (κ3) is 6.60. The van der Waals surface area contributed by atoms with Crippen LogP contribution in [0.15, 0.2) is 75.8 Å². The second-order valence-electron chi connectivity index (χ2n) is 7.35. The summed E-state index contributed by atoms with van der Waals surface area (Å²) in [5.41, 5.74) is 0.948. The standard InChI is InChI=1S/C25H19N5O5S2/c1-2-34-18-8-10-20(21(13-18)30(32)33)22-11-9-19(35-22)12-17(14-26)23(31)27-24-28-25(29-37-24)36-15-16-6-4-3-5-7-16/h3-13H,2,15H2,1H3,(H,27,28,29,31)/b17-12-. The second-order valence-corrected chi connectivity index (χ2v) is 9.05. The summed E-state index contributed by atoms with van der Waals surface area (Å²) in [6.07, 6.45) is 1.26. The van der Waals surface area contributed by atoms with E-state index in [9.17, 15) is 20.2 Å². The van der Waals surface area contributed by atoms with Crippen LogP contribution >= 0.6 is 23.3 Å². The molecule has 0 saturated carbocycles. The van der Waals surface area contributed by atoms with Gasteiger partial charge in [-0.25, -0.2) is 0 Å². The highest BCUT2D eigenvalue weighted by molar-refractivity contribution is 7.98. The molecular formula is C25H19N5O5S2. The van der Waals surface area contributed by atoms with E-state index >= 15 is 0 Å². The molecule has 2 heterocycles. The van der Waals surface area contributed by atoms with Gasteiger partial charge in [0.15, 0.2) is 0 Å². The Morgan fingerprint density at radius 3 is 2.81 bits per heavy atom. The van der Waals surface area contributed by atoms with Crippen LogP contribution in [0.4, 0.5) is 10.8 Å². The van der Waals surface area contributed by atoms with Gasteiger partial charge in [-0.3, -0.25) is 20.2 Å². The topological polar surface area (TPSA) is 144 Å². The Kier molecular flexibility index (Phi) is 8.29. The fourth-order valence-electron chi connectivity index (χ4n) is 3.20. The van der Waals surface area contributed by atoms with Crippen LogP contribution in [0.3, 0.4) is 0 Å². The maximum Gasteiger partial charge on any atom is 0.284 e. The molecule has 0 aliphatic carbocycles. The van der Waals surface area contributed by atoms with E-state index in [2.05, 4.69) is 14.7 Å². The number of nitro groups is 1. The SMILES string of the molecule is CCOc1ccc(-c2ccc(/C=C(/C#N)C(=O)Nc3nc(SCc4ccccc4)ns3)o2)c([N+](=O)[O-])c1. The number of ether oxygens (including phenoxy) is 1. The molecule has 0 fully saturated rings. The third-order valence-corrected chi connectivity index (χ3v) is 6.52. The summed E-state index contributed by atoms with van der Waals surface area (Å²) < 4.78 is 15.2. The van der Waals surface area contributed by atoms with E-state index in [0.29, 0.717) is 23.3 Å². The molecule has 0 aliphatic rings. The van der Waals surface area contributed by atoms with Crippen LogP contribution in [0.25, 0.3) is 17.4 Å². The number of furan rings is 1. The number of anilines is 1. The lowest BCUT2D eigenvalue weighted by Crippen LogP contribution is -2.13. The number of benzene rings is 2. The zero-order chi connectivity index (χ0) is 26.2. The number of aromatic nitrogens is 2. The average molecular weight is 534 g/mol. The Morgan fingerprint density at radius 2 is 2.08 bits per heavy atom. The first-order chi connectivity index (χ1) is 18.0. The van der Waals surface area contributed by atoms with E-state index in [0.717, 1.165) is 17.1 Å². The van der Waals surface area contributed by atoms with Gasteiger partial charge in [-0.2, -0.15) is 14.6 Å². The minimum atomic E-state index is -0.678. The molecule has 0 bridgehead atoms. The number of nitrogens with zero attached hydrogens (tertiary/aromatic N) is 4. The molecule has 1 amide bonds. The number of nitriles is 1. The lowest BCUT2D eigenvalue weighted by Gasteiger charge is -2.05.